The minimum absolute atomic E-state index is 0.994. The van der Waals surface area contributed by atoms with Crippen molar-refractivity contribution in [1.82, 2.24) is 0 Å². The minimum Gasteiger partial charge on any atom is -0.398 e. The number of hydrogen-bond donors (Lipinski definition) is 1. The van der Waals surface area contributed by atoms with E-state index in [2.05, 4.69) is 31.0 Å². The van der Waals surface area contributed by atoms with E-state index in [1.54, 1.807) is 0 Å². The van der Waals surface area contributed by atoms with Crippen LogP contribution in [0, 0.1) is 13.8 Å². The summed E-state index contributed by atoms with van der Waals surface area (Å²) >= 11 is 0. The zero-order chi connectivity index (χ0) is 11.3. The molecule has 2 nitrogen and oxygen atoms in total. The van der Waals surface area contributed by atoms with Crippen LogP contribution in [0.3, 0.4) is 0 Å². The van der Waals surface area contributed by atoms with E-state index in [1.165, 1.54) is 39.7 Å². The predicted octanol–water partition coefficient (Wildman–Crippen LogP) is 2.34. The third kappa shape index (κ3) is 1.22. The molecular formula is C14H17N2+. The van der Waals surface area contributed by atoms with Gasteiger partial charge >= 0.3 is 0 Å². The Morgan fingerprint density at radius 2 is 2.00 bits per heavy atom. The number of aromatic nitrogens is 1. The van der Waals surface area contributed by atoms with Crippen LogP contribution < -0.4 is 10.7 Å². The lowest BCUT2D eigenvalue weighted by Crippen LogP contribution is -2.15. The van der Waals surface area contributed by atoms with Gasteiger partial charge in [0.25, 0.3) is 0 Å². The van der Waals surface area contributed by atoms with E-state index in [0.29, 0.717) is 0 Å². The molecule has 0 spiro atoms. The number of benzene rings is 1. The fraction of sp³-hybridized carbons (Fsp3) is 0.357. The maximum atomic E-state index is 6.29. The summed E-state index contributed by atoms with van der Waals surface area (Å²) in [5, 5.41) is 1.19. The molecule has 0 radical (unpaired) electrons. The van der Waals surface area contributed by atoms with Gasteiger partial charge in [-0.15, -0.1) is 0 Å². The van der Waals surface area contributed by atoms with E-state index < -0.39 is 0 Å². The minimum atomic E-state index is 0.994. The van der Waals surface area contributed by atoms with E-state index in [0.717, 1.165) is 18.5 Å². The molecule has 1 aromatic heterocycles. The summed E-state index contributed by atoms with van der Waals surface area (Å²) in [5.74, 6) is 0. The van der Waals surface area contributed by atoms with Crippen molar-refractivity contribution in [3.63, 3.8) is 0 Å². The summed E-state index contributed by atoms with van der Waals surface area (Å²) < 4.78 is 0. The van der Waals surface area contributed by atoms with Crippen molar-refractivity contribution >= 4 is 16.6 Å². The number of H-pyrrole nitrogens is 1. The quantitative estimate of drug-likeness (QED) is 0.717. The number of anilines is 1. The second-order valence-corrected chi connectivity index (χ2v) is 4.85. The van der Waals surface area contributed by atoms with Crippen molar-refractivity contribution in [3.8, 4) is 0 Å². The van der Waals surface area contributed by atoms with Gasteiger partial charge in [0.1, 0.15) is 0 Å². The predicted molar refractivity (Wildman–Crippen MR) is 66.4 cm³/mol. The van der Waals surface area contributed by atoms with Crippen LogP contribution in [-0.2, 0) is 12.8 Å². The largest absolute Gasteiger partial charge is 0.398 e. The van der Waals surface area contributed by atoms with Gasteiger partial charge in [0, 0.05) is 17.5 Å². The normalized spacial score (nSPS) is 14.4. The van der Waals surface area contributed by atoms with Crippen molar-refractivity contribution in [2.24, 2.45) is 0 Å². The fourth-order valence-electron chi connectivity index (χ4n) is 2.84. The van der Waals surface area contributed by atoms with Crippen molar-refractivity contribution in [2.75, 3.05) is 5.73 Å². The van der Waals surface area contributed by atoms with Gasteiger partial charge < -0.3 is 5.73 Å². The van der Waals surface area contributed by atoms with E-state index >= 15 is 0 Å². The molecule has 16 heavy (non-hydrogen) atoms. The summed E-state index contributed by atoms with van der Waals surface area (Å²) in [5.41, 5.74) is 13.8. The third-order valence-corrected chi connectivity index (χ3v) is 3.59. The number of nitrogen functional groups attached to an aromatic ring is 1. The molecule has 1 aliphatic carbocycles. The number of hydrogen-bond acceptors (Lipinski definition) is 1. The zero-order valence-corrected chi connectivity index (χ0v) is 9.85. The lowest BCUT2D eigenvalue weighted by atomic mass is 10.0. The number of rotatable bonds is 0. The highest BCUT2D eigenvalue weighted by Gasteiger charge is 2.23. The number of aromatic amines is 1. The van der Waals surface area contributed by atoms with Gasteiger partial charge in [0.05, 0.1) is 11.1 Å². The summed E-state index contributed by atoms with van der Waals surface area (Å²) in [6, 6.07) is 4.40. The number of nitrogens with one attached hydrogen (secondary N) is 1. The monoisotopic (exact) mass is 213 g/mol. The molecule has 0 amide bonds. The summed E-state index contributed by atoms with van der Waals surface area (Å²) in [6.07, 6.45) is 3.49. The van der Waals surface area contributed by atoms with Crippen LogP contribution in [0.15, 0.2) is 12.1 Å². The van der Waals surface area contributed by atoms with Gasteiger partial charge in [0.15, 0.2) is 5.69 Å². The lowest BCUT2D eigenvalue weighted by molar-refractivity contribution is -0.357. The molecule has 2 heteroatoms. The summed E-state index contributed by atoms with van der Waals surface area (Å²) in [7, 11) is 0. The molecule has 1 aromatic carbocycles. The number of pyridine rings is 1. The van der Waals surface area contributed by atoms with Gasteiger partial charge in [-0.25, -0.2) is 4.98 Å². The first-order chi connectivity index (χ1) is 7.66. The molecular weight excluding hydrogens is 196 g/mol. The maximum absolute atomic E-state index is 6.29. The average Bonchev–Trinajstić information content (AvgIpc) is 2.68. The zero-order valence-electron chi connectivity index (χ0n) is 9.85. The molecule has 0 saturated heterocycles. The van der Waals surface area contributed by atoms with Crippen LogP contribution in [0.2, 0.25) is 0 Å². The average molecular weight is 213 g/mol. The Morgan fingerprint density at radius 3 is 2.81 bits per heavy atom. The standard InChI is InChI=1S/C14H16N2/c1-8-6-9(2)14-11(7-8)13(15)10-4-3-5-12(10)16-14/h6-7H,3-5H2,1-2H3,(H2,15,16)/p+1. The Balaban J connectivity index is 2.46. The number of fused-ring (bicyclic) bond motifs is 2. The SMILES string of the molecule is Cc1cc(C)c2[nH+]c3c(c(N)c2c1)CCC3. The first kappa shape index (κ1) is 9.64. The lowest BCUT2D eigenvalue weighted by Gasteiger charge is -2.06. The third-order valence-electron chi connectivity index (χ3n) is 3.59. The van der Waals surface area contributed by atoms with Crippen LogP contribution in [0.1, 0.15) is 28.8 Å². The summed E-state index contributed by atoms with van der Waals surface area (Å²) in [6.45, 7) is 4.27. The highest BCUT2D eigenvalue weighted by atomic mass is 14.7. The molecule has 2 aromatic rings. The van der Waals surface area contributed by atoms with Crippen molar-refractivity contribution in [1.29, 1.82) is 0 Å². The van der Waals surface area contributed by atoms with Crippen LogP contribution in [0.25, 0.3) is 10.9 Å². The fourth-order valence-corrected chi connectivity index (χ4v) is 2.84. The van der Waals surface area contributed by atoms with E-state index in [1.807, 2.05) is 0 Å². The smallest absolute Gasteiger partial charge is 0.216 e. The maximum Gasteiger partial charge on any atom is 0.216 e. The van der Waals surface area contributed by atoms with Gasteiger partial charge in [-0.05, 0) is 44.4 Å². The molecule has 0 unspecified atom stereocenters. The van der Waals surface area contributed by atoms with Gasteiger partial charge in [0.2, 0.25) is 5.52 Å². The molecule has 0 bridgehead atoms. The van der Waals surface area contributed by atoms with E-state index in [9.17, 15) is 0 Å². The molecule has 0 aliphatic heterocycles. The molecule has 3 rings (SSSR count). The van der Waals surface area contributed by atoms with Crippen LogP contribution in [0.4, 0.5) is 5.69 Å². The Labute approximate surface area is 95.5 Å². The topological polar surface area (TPSA) is 40.2 Å². The molecule has 82 valence electrons. The van der Waals surface area contributed by atoms with Crippen molar-refractivity contribution < 1.29 is 4.98 Å². The van der Waals surface area contributed by atoms with Gasteiger partial charge in [-0.2, -0.15) is 0 Å². The Bertz CT molecular complexity index is 585. The molecule has 3 N–H and O–H groups in total. The second kappa shape index (κ2) is 3.21. The van der Waals surface area contributed by atoms with Gasteiger partial charge in [-0.1, -0.05) is 0 Å². The van der Waals surface area contributed by atoms with Crippen molar-refractivity contribution in [3.05, 3.63) is 34.5 Å². The highest BCUT2D eigenvalue weighted by molar-refractivity contribution is 5.92. The Kier molecular flexibility index (Phi) is 1.93. The highest BCUT2D eigenvalue weighted by Crippen LogP contribution is 2.31. The first-order valence-corrected chi connectivity index (χ1v) is 5.90. The molecule has 1 aliphatic rings. The number of aryl methyl sites for hydroxylation is 3. The second-order valence-electron chi connectivity index (χ2n) is 4.85. The molecule has 0 saturated carbocycles. The van der Waals surface area contributed by atoms with Crippen LogP contribution >= 0.6 is 0 Å². The Morgan fingerprint density at radius 1 is 1.19 bits per heavy atom. The number of nitrogens with two attached hydrogens (primary N) is 1. The molecule has 0 atom stereocenters. The van der Waals surface area contributed by atoms with Crippen LogP contribution in [-0.4, -0.2) is 0 Å². The summed E-state index contributed by atoms with van der Waals surface area (Å²) in [4.78, 5) is 3.56. The van der Waals surface area contributed by atoms with Crippen LogP contribution in [0.5, 0.6) is 0 Å². The van der Waals surface area contributed by atoms with E-state index in [-0.39, 0.29) is 0 Å². The van der Waals surface area contributed by atoms with E-state index in [4.69, 9.17) is 5.73 Å². The molecule has 0 fully saturated rings. The Hall–Kier alpha value is -1.57. The molecule has 1 heterocycles. The first-order valence-electron chi connectivity index (χ1n) is 5.90. The van der Waals surface area contributed by atoms with Gasteiger partial charge in [-0.3, -0.25) is 0 Å². The van der Waals surface area contributed by atoms with Crippen molar-refractivity contribution in [2.45, 2.75) is 33.1 Å².